The Hall–Kier alpha value is -1.31. The van der Waals surface area contributed by atoms with E-state index in [4.69, 9.17) is 17.3 Å². The molecular weight excluding hydrogens is 259 g/mol. The van der Waals surface area contributed by atoms with Gasteiger partial charge in [-0.25, -0.2) is 13.8 Å². The molecule has 0 amide bonds. The Morgan fingerprint density at radius 3 is 2.38 bits per heavy atom. The van der Waals surface area contributed by atoms with Crippen LogP contribution >= 0.6 is 11.6 Å². The minimum atomic E-state index is -5.11. The first-order chi connectivity index (χ1) is 7.20. The van der Waals surface area contributed by atoms with Crippen LogP contribution in [0.1, 0.15) is 12.1 Å². The predicted molar refractivity (Wildman–Crippen MR) is 45.3 cm³/mol. The average molecular weight is 263 g/mol. The van der Waals surface area contributed by atoms with Gasteiger partial charge in [-0.2, -0.15) is 0 Å². The molecule has 9 heteroatoms. The molecule has 0 aromatic carbocycles. The topological polar surface area (TPSA) is 48.1 Å². The van der Waals surface area contributed by atoms with Gasteiger partial charge in [0.15, 0.2) is 11.4 Å². The smallest absolute Gasteiger partial charge is 0.404 e. The quantitative estimate of drug-likeness (QED) is 0.833. The maximum atomic E-state index is 12.3. The van der Waals surface area contributed by atoms with Gasteiger partial charge in [0.1, 0.15) is 5.82 Å². The molecule has 0 saturated carbocycles. The van der Waals surface area contributed by atoms with E-state index < -0.39 is 35.1 Å². The fourth-order valence-corrected chi connectivity index (χ4v) is 1.01. The SMILES string of the molecule is Nc1nc(C(F)F)c(OC(F)(F)F)cc1Cl. The molecule has 16 heavy (non-hydrogen) atoms. The summed E-state index contributed by atoms with van der Waals surface area (Å²) in [7, 11) is 0. The fraction of sp³-hybridized carbons (Fsp3) is 0.286. The molecule has 0 unspecified atom stereocenters. The lowest BCUT2D eigenvalue weighted by Gasteiger charge is -2.13. The predicted octanol–water partition coefficient (Wildman–Crippen LogP) is 3.15. The molecule has 0 aliphatic heterocycles. The van der Waals surface area contributed by atoms with Crippen molar-refractivity contribution in [2.75, 3.05) is 5.73 Å². The van der Waals surface area contributed by atoms with E-state index >= 15 is 0 Å². The third-order valence-corrected chi connectivity index (χ3v) is 1.73. The Kier molecular flexibility index (Phi) is 3.41. The molecule has 0 aliphatic carbocycles. The minimum Gasteiger partial charge on any atom is -0.404 e. The molecule has 1 aromatic heterocycles. The summed E-state index contributed by atoms with van der Waals surface area (Å²) < 4.78 is 63.5. The number of rotatable bonds is 2. The fourth-order valence-electron chi connectivity index (χ4n) is 0.864. The number of hydrogen-bond donors (Lipinski definition) is 1. The zero-order chi connectivity index (χ0) is 12.5. The number of alkyl halides is 5. The number of pyridine rings is 1. The third-order valence-electron chi connectivity index (χ3n) is 1.43. The van der Waals surface area contributed by atoms with Crippen LogP contribution in [0.3, 0.4) is 0 Å². The van der Waals surface area contributed by atoms with Crippen molar-refractivity contribution >= 4 is 17.4 Å². The summed E-state index contributed by atoms with van der Waals surface area (Å²) in [6.45, 7) is 0. The molecule has 3 nitrogen and oxygen atoms in total. The molecule has 1 heterocycles. The first-order valence-electron chi connectivity index (χ1n) is 3.70. The largest absolute Gasteiger partial charge is 0.573 e. The Bertz CT molecular complexity index is 395. The van der Waals surface area contributed by atoms with Crippen LogP contribution in [-0.2, 0) is 0 Å². The zero-order valence-electron chi connectivity index (χ0n) is 7.36. The summed E-state index contributed by atoms with van der Waals surface area (Å²) in [6, 6.07) is 0.541. The van der Waals surface area contributed by atoms with Gasteiger partial charge in [-0.1, -0.05) is 11.6 Å². The molecule has 0 spiro atoms. The lowest BCUT2D eigenvalue weighted by atomic mass is 10.3. The third kappa shape index (κ3) is 3.09. The number of nitrogen functional groups attached to an aromatic ring is 1. The van der Waals surface area contributed by atoms with E-state index in [1.54, 1.807) is 0 Å². The van der Waals surface area contributed by atoms with Crippen molar-refractivity contribution < 1.29 is 26.7 Å². The average Bonchev–Trinajstić information content (AvgIpc) is 2.07. The van der Waals surface area contributed by atoms with E-state index in [1.165, 1.54) is 0 Å². The molecule has 1 rings (SSSR count). The van der Waals surface area contributed by atoms with E-state index in [2.05, 4.69) is 9.72 Å². The number of anilines is 1. The summed E-state index contributed by atoms with van der Waals surface area (Å²) in [5.74, 6) is -1.66. The van der Waals surface area contributed by atoms with E-state index in [0.717, 1.165) is 0 Å². The normalized spacial score (nSPS) is 11.9. The van der Waals surface area contributed by atoms with Crippen molar-refractivity contribution in [2.45, 2.75) is 12.8 Å². The van der Waals surface area contributed by atoms with E-state index in [0.29, 0.717) is 6.07 Å². The van der Waals surface area contributed by atoms with E-state index in [-0.39, 0.29) is 0 Å². The summed E-state index contributed by atoms with van der Waals surface area (Å²) in [4.78, 5) is 3.03. The number of hydrogen-bond acceptors (Lipinski definition) is 3. The molecule has 0 saturated heterocycles. The lowest BCUT2D eigenvalue weighted by Crippen LogP contribution is -2.19. The highest BCUT2D eigenvalue weighted by molar-refractivity contribution is 6.32. The molecule has 0 aliphatic rings. The first kappa shape index (κ1) is 12.8. The number of halogens is 6. The summed E-state index contributed by atoms with van der Waals surface area (Å²) >= 11 is 5.34. The van der Waals surface area contributed by atoms with Gasteiger partial charge in [0.05, 0.1) is 5.02 Å². The highest BCUT2D eigenvalue weighted by atomic mass is 35.5. The van der Waals surface area contributed by atoms with Gasteiger partial charge >= 0.3 is 6.36 Å². The molecule has 1 aromatic rings. The van der Waals surface area contributed by atoms with Gasteiger partial charge in [-0.15, -0.1) is 13.2 Å². The molecule has 0 fully saturated rings. The maximum absolute atomic E-state index is 12.3. The Labute approximate surface area is 91.0 Å². The van der Waals surface area contributed by atoms with Crippen molar-refractivity contribution in [3.05, 3.63) is 16.8 Å². The highest BCUT2D eigenvalue weighted by Crippen LogP contribution is 2.35. The van der Waals surface area contributed by atoms with Crippen molar-refractivity contribution in [3.8, 4) is 5.75 Å². The van der Waals surface area contributed by atoms with Crippen molar-refractivity contribution in [2.24, 2.45) is 0 Å². The van der Waals surface area contributed by atoms with Crippen LogP contribution in [0.2, 0.25) is 5.02 Å². The van der Waals surface area contributed by atoms with E-state index in [1.807, 2.05) is 0 Å². The van der Waals surface area contributed by atoms with Gasteiger partial charge in [-0.3, -0.25) is 0 Å². The minimum absolute atomic E-state index is 0.399. The van der Waals surface area contributed by atoms with E-state index in [9.17, 15) is 22.0 Å². The van der Waals surface area contributed by atoms with Gasteiger partial charge in [0.25, 0.3) is 6.43 Å². The summed E-state index contributed by atoms with van der Waals surface area (Å²) in [5.41, 5.74) is 3.87. The summed E-state index contributed by atoms with van der Waals surface area (Å²) in [5, 5.41) is -0.399. The van der Waals surface area contributed by atoms with Crippen LogP contribution in [0.4, 0.5) is 27.8 Å². The molecule has 90 valence electrons. The molecule has 2 N–H and O–H groups in total. The van der Waals surface area contributed by atoms with Crippen molar-refractivity contribution in [3.63, 3.8) is 0 Å². The van der Waals surface area contributed by atoms with Gasteiger partial charge in [-0.05, 0) is 0 Å². The standard InChI is InChI=1S/C7H4ClF5N2O/c8-2-1-3(16-7(11,12)13)4(5(9)10)15-6(2)14/h1,5H,(H2,14,15). The molecule has 0 radical (unpaired) electrons. The van der Waals surface area contributed by atoms with Crippen molar-refractivity contribution in [1.29, 1.82) is 0 Å². The Morgan fingerprint density at radius 2 is 1.94 bits per heavy atom. The van der Waals surface area contributed by atoms with Crippen LogP contribution in [0, 0.1) is 0 Å². The lowest BCUT2D eigenvalue weighted by molar-refractivity contribution is -0.275. The zero-order valence-corrected chi connectivity index (χ0v) is 8.11. The number of nitrogens with zero attached hydrogens (tertiary/aromatic N) is 1. The second kappa shape index (κ2) is 4.28. The van der Waals surface area contributed by atoms with Crippen LogP contribution < -0.4 is 10.5 Å². The van der Waals surface area contributed by atoms with Crippen LogP contribution in [0.25, 0.3) is 0 Å². The monoisotopic (exact) mass is 262 g/mol. The number of ether oxygens (including phenoxy) is 1. The molecular formula is C7H4ClF5N2O. The second-order valence-electron chi connectivity index (χ2n) is 2.59. The second-order valence-corrected chi connectivity index (χ2v) is 2.99. The van der Waals surface area contributed by atoms with Gasteiger partial charge in [0.2, 0.25) is 0 Å². The van der Waals surface area contributed by atoms with Crippen molar-refractivity contribution in [1.82, 2.24) is 4.98 Å². The summed E-state index contributed by atoms with van der Waals surface area (Å²) in [6.07, 6.45) is -8.36. The van der Waals surface area contributed by atoms with Crippen LogP contribution in [0.15, 0.2) is 6.07 Å². The number of aromatic nitrogens is 1. The van der Waals surface area contributed by atoms with Crippen LogP contribution in [0.5, 0.6) is 5.75 Å². The highest BCUT2D eigenvalue weighted by Gasteiger charge is 2.34. The number of nitrogens with two attached hydrogens (primary N) is 1. The molecule has 0 atom stereocenters. The van der Waals surface area contributed by atoms with Gasteiger partial charge < -0.3 is 10.5 Å². The first-order valence-corrected chi connectivity index (χ1v) is 4.08. The van der Waals surface area contributed by atoms with Crippen LogP contribution in [-0.4, -0.2) is 11.3 Å². The van der Waals surface area contributed by atoms with Gasteiger partial charge in [0, 0.05) is 6.07 Å². The molecule has 0 bridgehead atoms. The Morgan fingerprint density at radius 1 is 1.38 bits per heavy atom. The Balaban J connectivity index is 3.20. The maximum Gasteiger partial charge on any atom is 0.573 e.